The van der Waals surface area contributed by atoms with Crippen LogP contribution in [-0.2, 0) is 0 Å². The predicted octanol–water partition coefficient (Wildman–Crippen LogP) is -1.14. The highest BCUT2D eigenvalue weighted by Gasteiger charge is 2.42. The molecular formula is C10H14BrN3O4. The van der Waals surface area contributed by atoms with E-state index in [2.05, 4.69) is 20.9 Å². The second-order valence-corrected chi connectivity index (χ2v) is 5.25. The first-order chi connectivity index (χ1) is 8.45. The fraction of sp³-hybridized carbons (Fsp3) is 0.600. The lowest BCUT2D eigenvalue weighted by molar-refractivity contribution is -0.00455. The van der Waals surface area contributed by atoms with Gasteiger partial charge in [-0.2, -0.15) is 4.98 Å². The smallest absolute Gasteiger partial charge is 0.349 e. The molecule has 4 unspecified atom stereocenters. The number of anilines is 1. The third kappa shape index (κ3) is 2.16. The van der Waals surface area contributed by atoms with Crippen LogP contribution in [0.3, 0.4) is 0 Å². The van der Waals surface area contributed by atoms with E-state index in [1.165, 1.54) is 10.8 Å². The molecule has 100 valence electrons. The van der Waals surface area contributed by atoms with Crippen LogP contribution in [-0.4, -0.2) is 43.7 Å². The molecule has 0 saturated heterocycles. The minimum Gasteiger partial charge on any atom is -0.396 e. The molecule has 0 radical (unpaired) electrons. The molecule has 2 rings (SSSR count). The molecule has 18 heavy (non-hydrogen) atoms. The van der Waals surface area contributed by atoms with Crippen molar-refractivity contribution in [3.63, 3.8) is 0 Å². The lowest BCUT2D eigenvalue weighted by Gasteiger charge is -2.19. The Morgan fingerprint density at radius 2 is 2.17 bits per heavy atom. The maximum Gasteiger partial charge on any atom is 0.349 e. The van der Waals surface area contributed by atoms with Gasteiger partial charge in [-0.25, -0.2) is 4.79 Å². The minimum absolute atomic E-state index is 0.0722. The van der Waals surface area contributed by atoms with E-state index in [-0.39, 0.29) is 12.4 Å². The fourth-order valence-electron chi connectivity index (χ4n) is 2.25. The third-order valence-corrected chi connectivity index (χ3v) is 3.91. The molecule has 1 aliphatic rings. The van der Waals surface area contributed by atoms with E-state index in [9.17, 15) is 15.0 Å². The van der Waals surface area contributed by atoms with Crippen LogP contribution in [0.4, 0.5) is 5.82 Å². The fourth-order valence-corrected chi connectivity index (χ4v) is 2.56. The van der Waals surface area contributed by atoms with E-state index in [0.717, 1.165) is 0 Å². The Morgan fingerprint density at radius 1 is 1.50 bits per heavy atom. The largest absolute Gasteiger partial charge is 0.396 e. The van der Waals surface area contributed by atoms with Crippen LogP contribution in [0.2, 0.25) is 0 Å². The SMILES string of the molecule is Nc1nc(=O)n(C2CC(CO)C(O)C2O)cc1Br. The lowest BCUT2D eigenvalue weighted by Crippen LogP contribution is -2.35. The van der Waals surface area contributed by atoms with Crippen molar-refractivity contribution in [3.05, 3.63) is 21.2 Å². The predicted molar refractivity (Wildman–Crippen MR) is 66.9 cm³/mol. The number of halogens is 1. The van der Waals surface area contributed by atoms with Crippen molar-refractivity contribution in [2.45, 2.75) is 24.7 Å². The molecule has 1 aromatic heterocycles. The molecule has 0 amide bonds. The number of aromatic nitrogens is 2. The van der Waals surface area contributed by atoms with Crippen LogP contribution >= 0.6 is 15.9 Å². The Bertz CT molecular complexity index is 506. The maximum absolute atomic E-state index is 11.7. The number of nitrogen functional groups attached to an aromatic ring is 1. The van der Waals surface area contributed by atoms with Gasteiger partial charge < -0.3 is 21.1 Å². The second-order valence-electron chi connectivity index (χ2n) is 4.39. The van der Waals surface area contributed by atoms with Crippen LogP contribution in [0.5, 0.6) is 0 Å². The summed E-state index contributed by atoms with van der Waals surface area (Å²) in [5.74, 6) is -0.378. The first-order valence-electron chi connectivity index (χ1n) is 5.47. The molecule has 1 fully saturated rings. The molecule has 1 heterocycles. The summed E-state index contributed by atoms with van der Waals surface area (Å²) >= 11 is 3.15. The summed E-state index contributed by atoms with van der Waals surface area (Å²) in [7, 11) is 0. The topological polar surface area (TPSA) is 122 Å². The van der Waals surface area contributed by atoms with E-state index in [1.54, 1.807) is 0 Å². The van der Waals surface area contributed by atoms with E-state index in [1.807, 2.05) is 0 Å². The van der Waals surface area contributed by atoms with Crippen LogP contribution < -0.4 is 11.4 Å². The molecule has 0 aliphatic heterocycles. The van der Waals surface area contributed by atoms with Crippen LogP contribution in [0.15, 0.2) is 15.5 Å². The van der Waals surface area contributed by atoms with Gasteiger partial charge in [-0.05, 0) is 22.4 Å². The molecule has 4 atom stereocenters. The summed E-state index contributed by atoms with van der Waals surface area (Å²) in [6, 6.07) is -0.617. The quantitative estimate of drug-likeness (QED) is 0.547. The first kappa shape index (κ1) is 13.5. The number of nitrogens with zero attached hydrogens (tertiary/aromatic N) is 2. The molecule has 8 heteroatoms. The number of rotatable bonds is 2. The minimum atomic E-state index is -1.11. The van der Waals surface area contributed by atoms with Crippen LogP contribution in [0, 0.1) is 5.92 Å². The number of aliphatic hydroxyl groups excluding tert-OH is 3. The summed E-state index contributed by atoms with van der Waals surface area (Å²) in [5, 5.41) is 28.7. The molecule has 7 nitrogen and oxygen atoms in total. The summed E-state index contributed by atoms with van der Waals surface area (Å²) in [6.45, 7) is -0.243. The molecule has 0 bridgehead atoms. The van der Waals surface area contributed by atoms with Crippen molar-refractivity contribution in [1.29, 1.82) is 0 Å². The van der Waals surface area contributed by atoms with Crippen molar-refractivity contribution in [3.8, 4) is 0 Å². The van der Waals surface area contributed by atoms with E-state index < -0.39 is 29.9 Å². The highest BCUT2D eigenvalue weighted by atomic mass is 79.9. The number of hydrogen-bond acceptors (Lipinski definition) is 6. The standard InChI is InChI=1S/C10H14BrN3O4/c11-5-2-14(10(18)13-9(5)12)6-1-4(3-15)7(16)8(6)17/h2,4,6-8,15-17H,1,3H2,(H2,12,13,18). The van der Waals surface area contributed by atoms with Gasteiger partial charge in [0.05, 0.1) is 16.6 Å². The van der Waals surface area contributed by atoms with E-state index >= 15 is 0 Å². The Balaban J connectivity index is 2.39. The number of hydrogen-bond donors (Lipinski definition) is 4. The number of nitrogens with two attached hydrogens (primary N) is 1. The van der Waals surface area contributed by atoms with Crippen molar-refractivity contribution in [2.24, 2.45) is 5.92 Å². The average Bonchev–Trinajstić information content (AvgIpc) is 2.61. The Morgan fingerprint density at radius 3 is 2.72 bits per heavy atom. The molecule has 0 aromatic carbocycles. The molecule has 5 N–H and O–H groups in total. The third-order valence-electron chi connectivity index (χ3n) is 3.30. The lowest BCUT2D eigenvalue weighted by atomic mass is 10.1. The molecule has 0 spiro atoms. The van der Waals surface area contributed by atoms with Crippen molar-refractivity contribution in [1.82, 2.24) is 9.55 Å². The summed E-state index contributed by atoms with van der Waals surface area (Å²) in [4.78, 5) is 15.3. The van der Waals surface area contributed by atoms with Gasteiger partial charge in [-0.15, -0.1) is 0 Å². The number of aliphatic hydroxyl groups is 3. The van der Waals surface area contributed by atoms with Crippen molar-refractivity contribution in [2.75, 3.05) is 12.3 Å². The second kappa shape index (κ2) is 4.96. The van der Waals surface area contributed by atoms with Gasteiger partial charge in [0.25, 0.3) is 0 Å². The summed E-state index contributed by atoms with van der Waals surface area (Å²) in [5.41, 5.74) is 4.89. The van der Waals surface area contributed by atoms with Gasteiger partial charge in [0, 0.05) is 18.7 Å². The summed E-state index contributed by atoms with van der Waals surface area (Å²) in [6.07, 6.45) is -0.428. The maximum atomic E-state index is 11.7. The van der Waals surface area contributed by atoms with Gasteiger partial charge in [0.15, 0.2) is 0 Å². The van der Waals surface area contributed by atoms with Gasteiger partial charge in [-0.1, -0.05) is 0 Å². The molecule has 1 aliphatic carbocycles. The Kier molecular flexibility index (Phi) is 3.71. The van der Waals surface area contributed by atoms with Gasteiger partial charge in [0.2, 0.25) is 0 Å². The monoisotopic (exact) mass is 319 g/mol. The highest BCUT2D eigenvalue weighted by molar-refractivity contribution is 9.10. The van der Waals surface area contributed by atoms with Crippen LogP contribution in [0.25, 0.3) is 0 Å². The van der Waals surface area contributed by atoms with Gasteiger partial charge in [-0.3, -0.25) is 4.57 Å². The van der Waals surface area contributed by atoms with Gasteiger partial charge >= 0.3 is 5.69 Å². The normalized spacial score (nSPS) is 31.8. The van der Waals surface area contributed by atoms with Crippen molar-refractivity contribution < 1.29 is 15.3 Å². The first-order valence-corrected chi connectivity index (χ1v) is 6.26. The Hall–Kier alpha value is -0.960. The molecule has 1 saturated carbocycles. The Labute approximate surface area is 111 Å². The zero-order valence-corrected chi connectivity index (χ0v) is 11.0. The van der Waals surface area contributed by atoms with Crippen molar-refractivity contribution >= 4 is 21.7 Å². The highest BCUT2D eigenvalue weighted by Crippen LogP contribution is 2.34. The van der Waals surface area contributed by atoms with Crippen LogP contribution in [0.1, 0.15) is 12.5 Å². The molecule has 1 aromatic rings. The van der Waals surface area contributed by atoms with E-state index in [0.29, 0.717) is 10.9 Å². The molecular weight excluding hydrogens is 306 g/mol. The zero-order chi connectivity index (χ0) is 13.4. The average molecular weight is 320 g/mol. The van der Waals surface area contributed by atoms with Gasteiger partial charge in [0.1, 0.15) is 11.9 Å². The summed E-state index contributed by atoms with van der Waals surface area (Å²) < 4.78 is 1.67. The zero-order valence-electron chi connectivity index (χ0n) is 9.40. The van der Waals surface area contributed by atoms with E-state index in [4.69, 9.17) is 10.8 Å².